The molecule has 3 nitrogen and oxygen atoms in total. The van der Waals surface area contributed by atoms with Gasteiger partial charge < -0.3 is 10.0 Å². The number of rotatable bonds is 2. The Labute approximate surface area is 89.3 Å². The average molecular weight is 205 g/mol. The highest BCUT2D eigenvalue weighted by Gasteiger charge is 2.24. The van der Waals surface area contributed by atoms with Crippen LogP contribution in [0, 0.1) is 0 Å². The quantitative estimate of drug-likeness (QED) is 0.797. The van der Waals surface area contributed by atoms with Crippen LogP contribution in [0.5, 0.6) is 0 Å². The predicted molar refractivity (Wildman–Crippen MR) is 58.8 cm³/mol. The van der Waals surface area contributed by atoms with Crippen LogP contribution >= 0.6 is 0 Å². The van der Waals surface area contributed by atoms with Crippen LogP contribution in [0.1, 0.15) is 30.6 Å². The standard InChI is InChI=1S/C12H15NO2/c1-3-11(14)8-4-5-10-9(6-8)7-12(15)13(10)2/h4-6,11,14H,3,7H2,1-2H3/t11-/m1/s1. The molecule has 1 amide bonds. The zero-order valence-electron chi connectivity index (χ0n) is 9.03. The molecule has 1 aromatic rings. The first-order chi connectivity index (χ1) is 7.13. The number of anilines is 1. The largest absolute Gasteiger partial charge is 0.388 e. The topological polar surface area (TPSA) is 40.5 Å². The van der Waals surface area contributed by atoms with Crippen molar-refractivity contribution in [2.45, 2.75) is 25.9 Å². The van der Waals surface area contributed by atoms with Crippen molar-refractivity contribution in [3.05, 3.63) is 29.3 Å². The molecule has 3 heteroatoms. The highest BCUT2D eigenvalue weighted by Crippen LogP contribution is 2.30. The van der Waals surface area contributed by atoms with E-state index in [0.717, 1.165) is 16.8 Å². The lowest BCUT2D eigenvalue weighted by Crippen LogP contribution is -2.20. The fourth-order valence-corrected chi connectivity index (χ4v) is 1.93. The monoisotopic (exact) mass is 205 g/mol. The highest BCUT2D eigenvalue weighted by atomic mass is 16.3. The van der Waals surface area contributed by atoms with Crippen LogP contribution in [0.15, 0.2) is 18.2 Å². The number of likely N-dealkylation sites (N-methyl/N-ethyl adjacent to an activating group) is 1. The van der Waals surface area contributed by atoms with Gasteiger partial charge in [0.15, 0.2) is 0 Å². The highest BCUT2D eigenvalue weighted by molar-refractivity contribution is 6.00. The van der Waals surface area contributed by atoms with E-state index in [-0.39, 0.29) is 5.91 Å². The van der Waals surface area contributed by atoms with Crippen LogP contribution in [-0.4, -0.2) is 18.1 Å². The van der Waals surface area contributed by atoms with Crippen LogP contribution in [0.4, 0.5) is 5.69 Å². The number of benzene rings is 1. The number of carbonyl (C=O) groups is 1. The lowest BCUT2D eigenvalue weighted by Gasteiger charge is -2.12. The summed E-state index contributed by atoms with van der Waals surface area (Å²) in [6.45, 7) is 1.94. The van der Waals surface area contributed by atoms with E-state index in [4.69, 9.17) is 0 Å². The summed E-state index contributed by atoms with van der Waals surface area (Å²) in [5, 5.41) is 9.69. The molecule has 0 spiro atoms. The molecule has 0 bridgehead atoms. The minimum absolute atomic E-state index is 0.119. The third-order valence-electron chi connectivity index (χ3n) is 2.95. The van der Waals surface area contributed by atoms with Gasteiger partial charge >= 0.3 is 0 Å². The molecule has 1 aromatic carbocycles. The number of hydrogen-bond donors (Lipinski definition) is 1. The molecule has 0 saturated carbocycles. The molecule has 15 heavy (non-hydrogen) atoms. The lowest BCUT2D eigenvalue weighted by molar-refractivity contribution is -0.117. The molecule has 2 rings (SSSR count). The van der Waals surface area contributed by atoms with Gasteiger partial charge in [0.1, 0.15) is 0 Å². The van der Waals surface area contributed by atoms with E-state index in [1.165, 1.54) is 0 Å². The fourth-order valence-electron chi connectivity index (χ4n) is 1.93. The van der Waals surface area contributed by atoms with Crippen LogP contribution in [0.2, 0.25) is 0 Å². The van der Waals surface area contributed by atoms with Gasteiger partial charge in [-0.05, 0) is 23.6 Å². The molecule has 1 aliphatic heterocycles. The number of fused-ring (bicyclic) bond motifs is 1. The normalized spacial score (nSPS) is 16.7. The van der Waals surface area contributed by atoms with Crippen LogP contribution in [0.25, 0.3) is 0 Å². The molecule has 0 radical (unpaired) electrons. The number of hydrogen-bond acceptors (Lipinski definition) is 2. The van der Waals surface area contributed by atoms with Crippen molar-refractivity contribution in [1.29, 1.82) is 0 Å². The summed E-state index contributed by atoms with van der Waals surface area (Å²) in [4.78, 5) is 13.1. The third-order valence-corrected chi connectivity index (χ3v) is 2.95. The second-order valence-corrected chi connectivity index (χ2v) is 3.94. The van der Waals surface area contributed by atoms with Crippen molar-refractivity contribution < 1.29 is 9.90 Å². The molecule has 0 aliphatic carbocycles. The summed E-state index contributed by atoms with van der Waals surface area (Å²) in [6.07, 6.45) is 0.731. The van der Waals surface area contributed by atoms with Gasteiger partial charge in [-0.2, -0.15) is 0 Å². The third kappa shape index (κ3) is 1.63. The molecular weight excluding hydrogens is 190 g/mol. The smallest absolute Gasteiger partial charge is 0.231 e. The minimum atomic E-state index is -0.420. The van der Waals surface area contributed by atoms with Crippen LogP contribution in [0.3, 0.4) is 0 Å². The minimum Gasteiger partial charge on any atom is -0.388 e. The second kappa shape index (κ2) is 3.66. The Morgan fingerprint density at radius 1 is 1.53 bits per heavy atom. The molecule has 0 unspecified atom stereocenters. The van der Waals surface area contributed by atoms with Gasteiger partial charge in [0.05, 0.1) is 12.5 Å². The first-order valence-corrected chi connectivity index (χ1v) is 5.21. The first kappa shape index (κ1) is 10.2. The second-order valence-electron chi connectivity index (χ2n) is 3.94. The molecule has 80 valence electrons. The van der Waals surface area contributed by atoms with Gasteiger partial charge in [-0.3, -0.25) is 4.79 Å². The van der Waals surface area contributed by atoms with Gasteiger partial charge in [0.25, 0.3) is 0 Å². The lowest BCUT2D eigenvalue weighted by atomic mass is 10.0. The van der Waals surface area contributed by atoms with Gasteiger partial charge in [-0.1, -0.05) is 19.1 Å². The molecule has 0 fully saturated rings. The predicted octanol–water partition coefficient (Wildman–Crippen LogP) is 1.65. The van der Waals surface area contributed by atoms with Crippen molar-refractivity contribution in [1.82, 2.24) is 0 Å². The van der Waals surface area contributed by atoms with E-state index < -0.39 is 6.10 Å². The Morgan fingerprint density at radius 2 is 2.27 bits per heavy atom. The maximum Gasteiger partial charge on any atom is 0.231 e. The van der Waals surface area contributed by atoms with E-state index in [1.54, 1.807) is 11.9 Å². The van der Waals surface area contributed by atoms with Crippen LogP contribution < -0.4 is 4.90 Å². The number of carbonyl (C=O) groups excluding carboxylic acids is 1. The molecule has 1 atom stereocenters. The molecule has 1 aliphatic rings. The Bertz CT molecular complexity index is 401. The Hall–Kier alpha value is -1.35. The van der Waals surface area contributed by atoms with Gasteiger partial charge in [-0.25, -0.2) is 0 Å². The number of aliphatic hydroxyl groups is 1. The first-order valence-electron chi connectivity index (χ1n) is 5.21. The van der Waals surface area contributed by atoms with Crippen LogP contribution in [-0.2, 0) is 11.2 Å². The van der Waals surface area contributed by atoms with Crippen molar-refractivity contribution in [2.75, 3.05) is 11.9 Å². The van der Waals surface area contributed by atoms with E-state index in [2.05, 4.69) is 0 Å². The summed E-state index contributed by atoms with van der Waals surface area (Å²) >= 11 is 0. The van der Waals surface area contributed by atoms with E-state index in [0.29, 0.717) is 12.8 Å². The van der Waals surface area contributed by atoms with E-state index >= 15 is 0 Å². The molecule has 0 aromatic heterocycles. The van der Waals surface area contributed by atoms with Gasteiger partial charge in [0.2, 0.25) is 5.91 Å². The summed E-state index contributed by atoms with van der Waals surface area (Å²) < 4.78 is 0. The van der Waals surface area contributed by atoms with Gasteiger partial charge in [0, 0.05) is 12.7 Å². The maximum atomic E-state index is 11.4. The number of aliphatic hydroxyl groups excluding tert-OH is 1. The molecule has 1 N–H and O–H groups in total. The summed E-state index contributed by atoms with van der Waals surface area (Å²) in [6, 6.07) is 5.74. The van der Waals surface area contributed by atoms with Crippen molar-refractivity contribution >= 4 is 11.6 Å². The van der Waals surface area contributed by atoms with Gasteiger partial charge in [-0.15, -0.1) is 0 Å². The molecule has 0 saturated heterocycles. The Morgan fingerprint density at radius 3 is 2.93 bits per heavy atom. The van der Waals surface area contributed by atoms with Crippen molar-refractivity contribution in [2.24, 2.45) is 0 Å². The Balaban J connectivity index is 2.37. The average Bonchev–Trinajstić information content (AvgIpc) is 2.53. The zero-order chi connectivity index (χ0) is 11.0. The Kier molecular flexibility index (Phi) is 2.49. The summed E-state index contributed by atoms with van der Waals surface area (Å²) in [5.41, 5.74) is 2.89. The number of amides is 1. The zero-order valence-corrected chi connectivity index (χ0v) is 9.03. The molecular formula is C12H15NO2. The SMILES string of the molecule is CC[C@@H](O)c1ccc2c(c1)CC(=O)N2C. The summed E-state index contributed by atoms with van der Waals surface area (Å²) in [5.74, 6) is 0.119. The van der Waals surface area contributed by atoms with Crippen molar-refractivity contribution in [3.63, 3.8) is 0 Å². The molecule has 1 heterocycles. The van der Waals surface area contributed by atoms with E-state index in [9.17, 15) is 9.90 Å². The van der Waals surface area contributed by atoms with E-state index in [1.807, 2.05) is 25.1 Å². The summed E-state index contributed by atoms with van der Waals surface area (Å²) in [7, 11) is 1.78. The maximum absolute atomic E-state index is 11.4. The van der Waals surface area contributed by atoms with Crippen molar-refractivity contribution in [3.8, 4) is 0 Å². The fraction of sp³-hybridized carbons (Fsp3) is 0.417. The number of nitrogens with zero attached hydrogens (tertiary/aromatic N) is 1.